The largest absolute Gasteiger partial charge is 0.445 e. The van der Waals surface area contributed by atoms with E-state index in [4.69, 9.17) is 4.74 Å². The number of ether oxygens (including phenoxy) is 1. The molecular formula is C28H25F6NO3. The number of hydrogen-bond donors (Lipinski definition) is 1. The molecule has 38 heavy (non-hydrogen) atoms. The van der Waals surface area contributed by atoms with Crippen molar-refractivity contribution in [2.75, 3.05) is 13.1 Å². The lowest BCUT2D eigenvalue weighted by Gasteiger charge is -2.34. The number of nitrogens with zero attached hydrogens (tertiary/aromatic N) is 1. The van der Waals surface area contributed by atoms with Crippen LogP contribution in [0.4, 0.5) is 31.1 Å². The molecule has 0 spiro atoms. The topological polar surface area (TPSA) is 49.8 Å². The van der Waals surface area contributed by atoms with E-state index in [0.717, 1.165) is 23.3 Å². The Labute approximate surface area is 215 Å². The molecule has 2 atom stereocenters. The van der Waals surface area contributed by atoms with Crippen LogP contribution in [0.5, 0.6) is 0 Å². The molecule has 10 heteroatoms. The Bertz CT molecular complexity index is 1230. The number of likely N-dealkylation sites (tertiary alicyclic amines) is 1. The Morgan fingerprint density at radius 3 is 1.95 bits per heavy atom. The van der Waals surface area contributed by atoms with Gasteiger partial charge in [0.25, 0.3) is 5.60 Å². The second-order valence-electron chi connectivity index (χ2n) is 9.58. The van der Waals surface area contributed by atoms with E-state index in [1.807, 2.05) is 55.5 Å². The zero-order valence-corrected chi connectivity index (χ0v) is 20.3. The van der Waals surface area contributed by atoms with Gasteiger partial charge in [0, 0.05) is 30.0 Å². The lowest BCUT2D eigenvalue weighted by Crippen LogP contribution is -2.53. The van der Waals surface area contributed by atoms with Crippen LogP contribution in [0.2, 0.25) is 0 Å². The summed E-state index contributed by atoms with van der Waals surface area (Å²) in [5, 5.41) is 9.74. The number of alkyl halides is 6. The minimum absolute atomic E-state index is 0.0467. The van der Waals surface area contributed by atoms with Crippen LogP contribution in [0.25, 0.3) is 0 Å². The number of hydrogen-bond acceptors (Lipinski definition) is 3. The van der Waals surface area contributed by atoms with Gasteiger partial charge >= 0.3 is 18.4 Å². The molecule has 0 saturated carbocycles. The normalized spacial score (nSPS) is 20.4. The third-order valence-electron chi connectivity index (χ3n) is 7.14. The molecule has 4 nitrogen and oxygen atoms in total. The molecule has 0 aromatic heterocycles. The van der Waals surface area contributed by atoms with E-state index in [1.165, 1.54) is 4.90 Å². The molecule has 4 rings (SSSR count). The van der Waals surface area contributed by atoms with Crippen LogP contribution in [0.3, 0.4) is 0 Å². The van der Waals surface area contributed by atoms with E-state index in [1.54, 1.807) is 12.1 Å². The molecule has 1 aliphatic rings. The molecule has 1 N–H and O–H groups in total. The van der Waals surface area contributed by atoms with Gasteiger partial charge in [-0.05, 0) is 16.7 Å². The van der Waals surface area contributed by atoms with E-state index in [9.17, 15) is 36.2 Å². The standard InChI is InChI=1S/C28H25F6NO3/c1-25(21-10-6-3-7-11-21)18-35(24(36)38-17-19-8-4-2-5-9-19)16-23(25)20-12-14-22(15-13-20)26(37,27(29,30)31)28(32,33)34/h2-15,23,37H,16-18H2,1H3/t23-,25+/m0/s1. The van der Waals surface area contributed by atoms with E-state index in [2.05, 4.69) is 0 Å². The van der Waals surface area contributed by atoms with Crippen molar-refractivity contribution in [3.05, 3.63) is 107 Å². The fourth-order valence-electron chi connectivity index (χ4n) is 4.97. The smallest absolute Gasteiger partial charge is 0.430 e. The summed E-state index contributed by atoms with van der Waals surface area (Å²) in [6, 6.07) is 21.8. The number of benzene rings is 3. The SMILES string of the molecule is C[C@]1(c2ccccc2)CN(C(=O)OCc2ccccc2)C[C@H]1c1ccc(C(O)(C(F)(F)F)C(F)(F)F)cc1. The molecule has 0 radical (unpaired) electrons. The highest BCUT2D eigenvalue weighted by Gasteiger charge is 2.71. The van der Waals surface area contributed by atoms with Crippen LogP contribution in [-0.2, 0) is 22.4 Å². The molecule has 202 valence electrons. The summed E-state index contributed by atoms with van der Waals surface area (Å²) in [7, 11) is 0. The molecule has 0 bridgehead atoms. The van der Waals surface area contributed by atoms with Gasteiger partial charge in [0.1, 0.15) is 6.61 Å². The summed E-state index contributed by atoms with van der Waals surface area (Å²) < 4.78 is 85.5. The number of aliphatic hydroxyl groups is 1. The van der Waals surface area contributed by atoms with Crippen molar-refractivity contribution in [1.29, 1.82) is 0 Å². The Morgan fingerprint density at radius 2 is 1.42 bits per heavy atom. The van der Waals surface area contributed by atoms with E-state index < -0.39 is 40.9 Å². The molecule has 1 amide bonds. The van der Waals surface area contributed by atoms with Crippen molar-refractivity contribution in [1.82, 2.24) is 4.90 Å². The third-order valence-corrected chi connectivity index (χ3v) is 7.14. The first kappa shape index (κ1) is 27.5. The van der Waals surface area contributed by atoms with Crippen molar-refractivity contribution in [3.8, 4) is 0 Å². The van der Waals surface area contributed by atoms with E-state index in [0.29, 0.717) is 17.7 Å². The highest BCUT2D eigenvalue weighted by Crippen LogP contribution is 2.51. The van der Waals surface area contributed by atoms with Gasteiger partial charge in [-0.3, -0.25) is 0 Å². The van der Waals surface area contributed by atoms with Crippen LogP contribution < -0.4 is 0 Å². The van der Waals surface area contributed by atoms with Gasteiger partial charge < -0.3 is 14.7 Å². The van der Waals surface area contributed by atoms with Gasteiger partial charge in [-0.25, -0.2) is 4.79 Å². The van der Waals surface area contributed by atoms with Crippen molar-refractivity contribution >= 4 is 6.09 Å². The van der Waals surface area contributed by atoms with E-state index >= 15 is 0 Å². The van der Waals surface area contributed by atoms with Crippen molar-refractivity contribution < 1.29 is 41.0 Å². The lowest BCUT2D eigenvalue weighted by atomic mass is 9.71. The maximum Gasteiger partial charge on any atom is 0.430 e. The number of halogens is 6. The maximum atomic E-state index is 13.3. The number of amides is 1. The van der Waals surface area contributed by atoms with Gasteiger partial charge in [0.05, 0.1) is 0 Å². The predicted octanol–water partition coefficient (Wildman–Crippen LogP) is 6.69. The summed E-state index contributed by atoms with van der Waals surface area (Å²) in [5.74, 6) is -0.479. The van der Waals surface area contributed by atoms with E-state index in [-0.39, 0.29) is 19.7 Å². The molecule has 0 aliphatic carbocycles. The minimum atomic E-state index is -5.97. The second-order valence-corrected chi connectivity index (χ2v) is 9.58. The second kappa shape index (κ2) is 9.98. The summed E-state index contributed by atoms with van der Waals surface area (Å²) >= 11 is 0. The van der Waals surface area contributed by atoms with Crippen LogP contribution in [-0.4, -0.2) is 41.5 Å². The van der Waals surface area contributed by atoms with Crippen molar-refractivity contribution in [2.45, 2.75) is 42.8 Å². The Hall–Kier alpha value is -3.53. The van der Waals surface area contributed by atoms with Crippen molar-refractivity contribution in [2.24, 2.45) is 0 Å². The molecule has 1 saturated heterocycles. The fourth-order valence-corrected chi connectivity index (χ4v) is 4.97. The average Bonchev–Trinajstić information content (AvgIpc) is 3.25. The summed E-state index contributed by atoms with van der Waals surface area (Å²) in [4.78, 5) is 14.4. The van der Waals surface area contributed by atoms with Crippen molar-refractivity contribution in [3.63, 3.8) is 0 Å². The predicted molar refractivity (Wildman–Crippen MR) is 127 cm³/mol. The Balaban J connectivity index is 1.65. The van der Waals surface area contributed by atoms with Gasteiger partial charge in [-0.15, -0.1) is 0 Å². The number of carbonyl (C=O) groups is 1. The van der Waals surface area contributed by atoms with Gasteiger partial charge in [-0.2, -0.15) is 26.3 Å². The molecule has 1 aliphatic heterocycles. The summed E-state index contributed by atoms with van der Waals surface area (Å²) in [6.07, 6.45) is -12.5. The molecule has 1 heterocycles. The van der Waals surface area contributed by atoms with Gasteiger partial charge in [-0.1, -0.05) is 91.9 Å². The highest BCUT2D eigenvalue weighted by molar-refractivity contribution is 5.69. The molecule has 0 unspecified atom stereocenters. The monoisotopic (exact) mass is 537 g/mol. The third kappa shape index (κ3) is 4.97. The molecule has 3 aromatic carbocycles. The summed E-state index contributed by atoms with van der Waals surface area (Å²) in [5.41, 5.74) is -5.01. The molecular weight excluding hydrogens is 512 g/mol. The zero-order valence-electron chi connectivity index (χ0n) is 20.3. The first-order valence-electron chi connectivity index (χ1n) is 11.7. The van der Waals surface area contributed by atoms with Crippen LogP contribution in [0.15, 0.2) is 84.9 Å². The lowest BCUT2D eigenvalue weighted by molar-refractivity contribution is -0.376. The number of rotatable bonds is 5. The summed E-state index contributed by atoms with van der Waals surface area (Å²) in [6.45, 7) is 2.27. The first-order valence-corrected chi connectivity index (χ1v) is 11.7. The fraction of sp³-hybridized carbons (Fsp3) is 0.321. The Morgan fingerprint density at radius 1 is 0.895 bits per heavy atom. The van der Waals surface area contributed by atoms with Crippen LogP contribution >= 0.6 is 0 Å². The maximum absolute atomic E-state index is 13.3. The molecule has 3 aromatic rings. The van der Waals surface area contributed by atoms with Crippen LogP contribution in [0, 0.1) is 0 Å². The number of carbonyl (C=O) groups excluding carboxylic acids is 1. The highest BCUT2D eigenvalue weighted by atomic mass is 19.4. The van der Waals surface area contributed by atoms with Crippen LogP contribution in [0.1, 0.15) is 35.1 Å². The van der Waals surface area contributed by atoms with Gasteiger partial charge in [0.15, 0.2) is 0 Å². The Kier molecular flexibility index (Phi) is 7.22. The zero-order chi connectivity index (χ0) is 27.8. The first-order chi connectivity index (χ1) is 17.8. The average molecular weight is 538 g/mol. The quantitative estimate of drug-likeness (QED) is 0.369. The minimum Gasteiger partial charge on any atom is -0.445 e. The van der Waals surface area contributed by atoms with Gasteiger partial charge in [0.2, 0.25) is 0 Å². The molecule has 1 fully saturated rings.